The molecule has 0 aromatic heterocycles. The number of carbonyl (C=O) groups is 3. The Bertz CT molecular complexity index is 593. The molecule has 0 atom stereocenters. The lowest BCUT2D eigenvalue weighted by atomic mass is 10.2. The van der Waals surface area contributed by atoms with Crippen molar-refractivity contribution >= 4 is 41.0 Å². The van der Waals surface area contributed by atoms with Crippen LogP contribution in [-0.4, -0.2) is 38.0 Å². The molecule has 8 heteroatoms. The predicted octanol–water partition coefficient (Wildman–Crippen LogP) is 2.57. The maximum Gasteiger partial charge on any atom is 0.305 e. The van der Waals surface area contributed by atoms with Gasteiger partial charge in [-0.1, -0.05) is 29.6 Å². The summed E-state index contributed by atoms with van der Waals surface area (Å²) in [6.45, 7) is 0.365. The molecular weight excluding hydrogens is 355 g/mol. The van der Waals surface area contributed by atoms with Crippen molar-refractivity contribution in [1.29, 1.82) is 0 Å². The third-order valence-corrected chi connectivity index (χ3v) is 3.94. The van der Waals surface area contributed by atoms with Crippen LogP contribution in [0.4, 0.5) is 0 Å². The highest BCUT2D eigenvalue weighted by Gasteiger charge is 2.09. The maximum atomic E-state index is 11.9. The minimum Gasteiger partial charge on any atom is -0.469 e. The number of unbranched alkanes of at least 4 members (excludes halogenated alkanes) is 2. The normalized spacial score (nSPS) is 10.1. The lowest BCUT2D eigenvalue weighted by molar-refractivity contribution is -0.140. The number of hydrogen-bond donors (Lipinski definition) is 2. The summed E-state index contributed by atoms with van der Waals surface area (Å²) in [5.41, 5.74) is 0.333. The van der Waals surface area contributed by atoms with E-state index in [2.05, 4.69) is 15.4 Å². The van der Waals surface area contributed by atoms with Gasteiger partial charge in [0, 0.05) is 18.5 Å². The predicted molar refractivity (Wildman–Crippen MR) is 92.3 cm³/mol. The molecule has 0 fully saturated rings. The van der Waals surface area contributed by atoms with E-state index < -0.39 is 5.91 Å². The van der Waals surface area contributed by atoms with Gasteiger partial charge in [-0.15, -0.1) is 0 Å². The van der Waals surface area contributed by atoms with E-state index in [-0.39, 0.29) is 23.4 Å². The minimum atomic E-state index is -0.401. The largest absolute Gasteiger partial charge is 0.469 e. The Morgan fingerprint density at radius 3 is 2.46 bits per heavy atom. The number of hydrogen-bond acceptors (Lipinski definition) is 4. The Morgan fingerprint density at radius 1 is 1.04 bits per heavy atom. The zero-order valence-electron chi connectivity index (χ0n) is 13.4. The quantitative estimate of drug-likeness (QED) is 0.513. The van der Waals surface area contributed by atoms with Crippen LogP contribution in [0.25, 0.3) is 0 Å². The monoisotopic (exact) mass is 374 g/mol. The first-order valence-electron chi connectivity index (χ1n) is 7.50. The number of benzene rings is 1. The van der Waals surface area contributed by atoms with E-state index in [0.717, 1.165) is 19.3 Å². The Labute approximate surface area is 150 Å². The summed E-state index contributed by atoms with van der Waals surface area (Å²) < 4.78 is 4.54. The van der Waals surface area contributed by atoms with Gasteiger partial charge >= 0.3 is 5.97 Å². The second-order valence-corrected chi connectivity index (χ2v) is 5.86. The molecule has 0 aliphatic rings. The van der Waals surface area contributed by atoms with Crippen molar-refractivity contribution in [1.82, 2.24) is 10.6 Å². The second-order valence-electron chi connectivity index (χ2n) is 5.05. The van der Waals surface area contributed by atoms with Crippen LogP contribution in [0.1, 0.15) is 36.0 Å². The first-order chi connectivity index (χ1) is 11.4. The molecule has 0 bridgehead atoms. The average molecular weight is 375 g/mol. The molecule has 0 aliphatic heterocycles. The van der Waals surface area contributed by atoms with Crippen LogP contribution >= 0.6 is 23.2 Å². The van der Waals surface area contributed by atoms with Crippen molar-refractivity contribution in [3.8, 4) is 0 Å². The molecule has 2 amide bonds. The lowest BCUT2D eigenvalue weighted by Gasteiger charge is -2.07. The average Bonchev–Trinajstić information content (AvgIpc) is 2.57. The fourth-order valence-corrected chi connectivity index (χ4v) is 2.16. The smallest absolute Gasteiger partial charge is 0.305 e. The van der Waals surface area contributed by atoms with Crippen molar-refractivity contribution in [3.05, 3.63) is 33.8 Å². The van der Waals surface area contributed by atoms with Gasteiger partial charge in [0.05, 0.1) is 23.7 Å². The number of amides is 2. The Morgan fingerprint density at radius 2 is 1.79 bits per heavy atom. The summed E-state index contributed by atoms with van der Waals surface area (Å²) in [7, 11) is 1.36. The molecule has 1 aromatic carbocycles. The standard InChI is InChI=1S/C16H20Cl2N2O4/c1-24-15(22)5-3-2-4-8-19-14(21)10-20-16(23)11-6-7-12(17)13(18)9-11/h6-7,9H,2-5,8,10H2,1H3,(H,19,21)(H,20,23). The number of methoxy groups -OCH3 is 1. The van der Waals surface area contributed by atoms with E-state index in [9.17, 15) is 14.4 Å². The Hall–Kier alpha value is -1.79. The molecule has 24 heavy (non-hydrogen) atoms. The van der Waals surface area contributed by atoms with Crippen LogP contribution < -0.4 is 10.6 Å². The van der Waals surface area contributed by atoms with Gasteiger partial charge in [0.25, 0.3) is 5.91 Å². The number of esters is 1. The summed E-state index contributed by atoms with van der Waals surface area (Å²) in [5.74, 6) is -0.915. The molecule has 132 valence electrons. The van der Waals surface area contributed by atoms with E-state index in [1.807, 2.05) is 0 Å². The molecular formula is C16H20Cl2N2O4. The van der Waals surface area contributed by atoms with Crippen LogP contribution in [0.5, 0.6) is 0 Å². The number of halogens is 2. The van der Waals surface area contributed by atoms with Gasteiger partial charge in [0.1, 0.15) is 0 Å². The third-order valence-electron chi connectivity index (χ3n) is 3.20. The van der Waals surface area contributed by atoms with Crippen molar-refractivity contribution in [3.63, 3.8) is 0 Å². The van der Waals surface area contributed by atoms with Gasteiger partial charge in [-0.2, -0.15) is 0 Å². The topological polar surface area (TPSA) is 84.5 Å². The number of carbonyl (C=O) groups excluding carboxylic acids is 3. The molecule has 0 saturated heterocycles. The molecule has 0 saturated carbocycles. The van der Waals surface area contributed by atoms with Crippen LogP contribution in [0.3, 0.4) is 0 Å². The Balaban J connectivity index is 2.18. The fourth-order valence-electron chi connectivity index (χ4n) is 1.86. The molecule has 6 nitrogen and oxygen atoms in total. The third kappa shape index (κ3) is 7.66. The van der Waals surface area contributed by atoms with Gasteiger partial charge in [-0.3, -0.25) is 14.4 Å². The molecule has 1 rings (SSSR count). The SMILES string of the molecule is COC(=O)CCCCCNC(=O)CNC(=O)c1ccc(Cl)c(Cl)c1. The summed E-state index contributed by atoms with van der Waals surface area (Å²) >= 11 is 11.6. The van der Waals surface area contributed by atoms with E-state index in [4.69, 9.17) is 23.2 Å². The van der Waals surface area contributed by atoms with Crippen molar-refractivity contribution in [2.24, 2.45) is 0 Å². The molecule has 0 unspecified atom stereocenters. The van der Waals surface area contributed by atoms with Crippen LogP contribution in [0, 0.1) is 0 Å². The number of nitrogens with one attached hydrogen (secondary N) is 2. The summed E-state index contributed by atoms with van der Waals surface area (Å²) in [6, 6.07) is 4.49. The number of rotatable bonds is 9. The molecule has 0 spiro atoms. The number of ether oxygens (including phenoxy) is 1. The van der Waals surface area contributed by atoms with Gasteiger partial charge in [-0.25, -0.2) is 0 Å². The molecule has 0 radical (unpaired) electrons. The van der Waals surface area contributed by atoms with Gasteiger partial charge in [0.15, 0.2) is 0 Å². The van der Waals surface area contributed by atoms with Gasteiger partial charge < -0.3 is 15.4 Å². The molecule has 1 aromatic rings. The first-order valence-corrected chi connectivity index (χ1v) is 8.26. The van der Waals surface area contributed by atoms with Crippen LogP contribution in [-0.2, 0) is 14.3 Å². The highest BCUT2D eigenvalue weighted by atomic mass is 35.5. The zero-order valence-corrected chi connectivity index (χ0v) is 14.9. The highest BCUT2D eigenvalue weighted by molar-refractivity contribution is 6.42. The molecule has 2 N–H and O–H groups in total. The maximum absolute atomic E-state index is 11.9. The van der Waals surface area contributed by atoms with E-state index in [1.165, 1.54) is 25.3 Å². The fraction of sp³-hybridized carbons (Fsp3) is 0.438. The van der Waals surface area contributed by atoms with Gasteiger partial charge in [-0.05, 0) is 31.0 Å². The van der Waals surface area contributed by atoms with Crippen LogP contribution in [0.2, 0.25) is 10.0 Å². The minimum absolute atomic E-state index is 0.124. The van der Waals surface area contributed by atoms with Crippen LogP contribution in [0.15, 0.2) is 18.2 Å². The lowest BCUT2D eigenvalue weighted by Crippen LogP contribution is -2.37. The van der Waals surface area contributed by atoms with Crippen molar-refractivity contribution in [2.75, 3.05) is 20.2 Å². The Kier molecular flexibility index (Phi) is 9.19. The summed E-state index contributed by atoms with van der Waals surface area (Å²) in [5, 5.41) is 5.84. The van der Waals surface area contributed by atoms with E-state index in [1.54, 1.807) is 0 Å². The first kappa shape index (κ1) is 20.3. The van der Waals surface area contributed by atoms with Crippen molar-refractivity contribution in [2.45, 2.75) is 25.7 Å². The zero-order chi connectivity index (χ0) is 17.9. The van der Waals surface area contributed by atoms with E-state index >= 15 is 0 Å². The summed E-state index contributed by atoms with van der Waals surface area (Å²) in [4.78, 5) is 34.4. The molecule has 0 aliphatic carbocycles. The second kappa shape index (κ2) is 10.9. The van der Waals surface area contributed by atoms with Gasteiger partial charge in [0.2, 0.25) is 5.91 Å². The highest BCUT2D eigenvalue weighted by Crippen LogP contribution is 2.22. The van der Waals surface area contributed by atoms with Crippen molar-refractivity contribution < 1.29 is 19.1 Å². The molecule has 0 heterocycles. The van der Waals surface area contributed by atoms with E-state index in [0.29, 0.717) is 23.6 Å². The summed E-state index contributed by atoms with van der Waals surface area (Å²) in [6.07, 6.45) is 2.66.